The lowest BCUT2D eigenvalue weighted by molar-refractivity contribution is -0.133. The van der Waals surface area contributed by atoms with E-state index in [9.17, 15) is 23.6 Å². The number of carbonyl (C=O) groups is 4. The van der Waals surface area contributed by atoms with Gasteiger partial charge in [0.1, 0.15) is 24.3 Å². The average molecular weight is 1510 g/mol. The number of aromatic nitrogens is 3. The molecule has 7 aromatic carbocycles. The quantitative estimate of drug-likeness (QED) is 0.0407. The second-order valence-corrected chi connectivity index (χ2v) is 29.7. The number of halogens is 4. The summed E-state index contributed by atoms with van der Waals surface area (Å²) in [4.78, 5) is 72.1. The van der Waals surface area contributed by atoms with Crippen LogP contribution in [0.15, 0.2) is 176 Å². The van der Waals surface area contributed by atoms with Crippen LogP contribution in [0, 0.1) is 5.82 Å². The monoisotopic (exact) mass is 1510 g/mol. The molecule has 4 fully saturated rings. The molecule has 18 nitrogen and oxygen atoms in total. The number of nitrogens with zero attached hydrogens (tertiary/aromatic N) is 8. The molecule has 6 aliphatic rings. The van der Waals surface area contributed by atoms with Gasteiger partial charge in [-0.1, -0.05) is 78.9 Å². The normalized spacial score (nSPS) is 19.2. The van der Waals surface area contributed by atoms with Crippen molar-refractivity contribution in [3.63, 3.8) is 0 Å². The summed E-state index contributed by atoms with van der Waals surface area (Å²) in [7, 11) is 8.67. The highest BCUT2D eigenvalue weighted by atomic mass is 35.5. The van der Waals surface area contributed by atoms with Crippen molar-refractivity contribution in [2.75, 3.05) is 159 Å². The van der Waals surface area contributed by atoms with Crippen LogP contribution in [0.25, 0.3) is 32.7 Å². The smallest absolute Gasteiger partial charge is 0.238 e. The van der Waals surface area contributed by atoms with E-state index in [4.69, 9.17) is 40.5 Å². The number of nitrogens with one attached hydrogen (secondary N) is 5. The zero-order valence-electron chi connectivity index (χ0n) is 62.9. The molecule has 9 heterocycles. The zero-order valence-corrected chi connectivity index (χ0v) is 65.2. The summed E-state index contributed by atoms with van der Waals surface area (Å²) >= 11 is 15.6. The van der Waals surface area contributed by atoms with E-state index in [2.05, 4.69) is 217 Å². The lowest BCUT2D eigenvalue weighted by Crippen LogP contribution is -2.47. The first-order chi connectivity index (χ1) is 51.8. The molecule has 1 unspecified atom stereocenters. The molecule has 6 aliphatic heterocycles. The van der Waals surface area contributed by atoms with E-state index in [1.165, 1.54) is 110 Å². The van der Waals surface area contributed by atoms with Gasteiger partial charge in [0.15, 0.2) is 0 Å². The fraction of sp³-hybridized carbons (Fsp3) is 0.388. The highest BCUT2D eigenvalue weighted by Crippen LogP contribution is 2.42. The molecule has 4 saturated heterocycles. The Morgan fingerprint density at radius 1 is 0.523 bits per heavy atom. The number of benzene rings is 7. The number of rotatable bonds is 11. The van der Waals surface area contributed by atoms with Gasteiger partial charge in [-0.05, 0) is 199 Å². The molecule has 1 amide bonds. The molecule has 0 aliphatic carbocycles. The molecule has 3 aromatic heterocycles. The fourth-order valence-electron chi connectivity index (χ4n) is 14.6. The molecule has 22 heteroatoms. The van der Waals surface area contributed by atoms with Gasteiger partial charge in [-0.3, -0.25) is 19.2 Å². The molecular weight excluding hydrogens is 1410 g/mol. The minimum Gasteiger partial charge on any atom is -0.369 e. The number of carbonyl (C=O) groups excluding carboxylic acids is 4. The number of hydrogen-bond donors (Lipinski definition) is 6. The summed E-state index contributed by atoms with van der Waals surface area (Å²) in [5.74, 6) is -0.440. The summed E-state index contributed by atoms with van der Waals surface area (Å²) in [5, 5.41) is 10.5. The Balaban J connectivity index is 0.000000145. The summed E-state index contributed by atoms with van der Waals surface area (Å²) in [6, 6.07) is 57.4. The van der Waals surface area contributed by atoms with Crippen LogP contribution in [-0.4, -0.2) is 226 Å². The van der Waals surface area contributed by atoms with Crippen molar-refractivity contribution in [2.24, 2.45) is 5.73 Å². The minimum absolute atomic E-state index is 0.00419. The average Bonchev–Trinajstić information content (AvgIpc) is 1.59. The maximum absolute atomic E-state index is 12.9. The van der Waals surface area contributed by atoms with Crippen LogP contribution in [0.2, 0.25) is 0 Å². The Labute approximate surface area is 645 Å². The molecule has 7 N–H and O–H groups in total. The first-order valence-electron chi connectivity index (χ1n) is 37.3. The number of nitrogens with two attached hydrogens (primary N) is 1. The third-order valence-corrected chi connectivity index (χ3v) is 21.4. The number of aldehydes is 2. The Hall–Kier alpha value is -8.44. The van der Waals surface area contributed by atoms with Crippen molar-refractivity contribution in [2.45, 2.75) is 70.2 Å². The van der Waals surface area contributed by atoms with E-state index in [-0.39, 0.29) is 47.7 Å². The van der Waals surface area contributed by atoms with Crippen LogP contribution in [0.3, 0.4) is 0 Å². The van der Waals surface area contributed by atoms with E-state index in [1.807, 2.05) is 48.4 Å². The standard InChI is InChI=1S/C25H29ClN4O.C23H28N4.C12H16N2O.C11H14N2.C7H5FO.C5H12N2.C2H2Cl2O/c1-17-15-21-20-5-3-4-6-22(20)27-24(21)25(30(17)23(31)16-26)18-7-9-19(10-8-18)29-13-11-28(2)12-14-29;1-16-15-20-19-5-3-4-6-21(19)25-23(20)22(24-16)17-7-9-18(10-8-17)27-13-11-26(2)12-14-27;1-13-6-8-14(9-7-13)12-4-2-11(10-15)3-5-12;1-8(12)6-9-7-13-11-5-3-2-4-10(9)11;8-7-3-1-6(5-9)2-4-7;1-7-4-2-6-3-5-7;3-1-2(4)5/h3-10,17,25,27H,11-16H2,1-2H3;3-10,16,22,24-25H,11-15H2,1-2H3;2-5,10H,6-9H2,1H3;2-5,7-8,13H,6,12H2,1H3;1-5H;6H,2-5H2,1H3;1H2/t17-,25-;16-,22?;;8-;;;/m00.0.../s1. The Bertz CT molecular complexity index is 4410. The molecule has 10 aromatic rings. The molecule has 0 spiro atoms. The van der Waals surface area contributed by atoms with E-state index in [0.29, 0.717) is 17.9 Å². The van der Waals surface area contributed by atoms with Gasteiger partial charge in [0.25, 0.3) is 0 Å². The predicted molar refractivity (Wildman–Crippen MR) is 441 cm³/mol. The van der Waals surface area contributed by atoms with Gasteiger partial charge < -0.3 is 70.5 Å². The predicted octanol–water partition coefficient (Wildman–Crippen LogP) is 13.0. The summed E-state index contributed by atoms with van der Waals surface area (Å²) in [6.45, 7) is 24.3. The first kappa shape index (κ1) is 81.1. The number of piperazine rings is 4. The van der Waals surface area contributed by atoms with Gasteiger partial charge >= 0.3 is 0 Å². The van der Waals surface area contributed by atoms with E-state index in [0.717, 1.165) is 140 Å². The molecular formula is C85H106Cl3FN14O4. The highest BCUT2D eigenvalue weighted by molar-refractivity contribution is 6.67. The van der Waals surface area contributed by atoms with Gasteiger partial charge in [0, 0.05) is 201 Å². The van der Waals surface area contributed by atoms with Crippen LogP contribution in [0.1, 0.15) is 92.8 Å². The van der Waals surface area contributed by atoms with Gasteiger partial charge in [0.2, 0.25) is 11.1 Å². The largest absolute Gasteiger partial charge is 0.369 e. The van der Waals surface area contributed by atoms with Gasteiger partial charge in [0.05, 0.1) is 18.0 Å². The zero-order chi connectivity index (χ0) is 75.9. The van der Waals surface area contributed by atoms with Crippen LogP contribution in [0.4, 0.5) is 21.5 Å². The third kappa shape index (κ3) is 22.4. The number of amides is 1. The number of likely N-dealkylation sites (N-methyl/N-ethyl adjacent to an activating group) is 4. The molecule has 16 rings (SSSR count). The van der Waals surface area contributed by atoms with Crippen molar-refractivity contribution >= 4 is 108 Å². The van der Waals surface area contributed by atoms with E-state index in [1.54, 1.807) is 0 Å². The molecule has 0 radical (unpaired) electrons. The summed E-state index contributed by atoms with van der Waals surface area (Å²) < 4.78 is 12.1. The Kier molecular flexibility index (Phi) is 30.4. The molecule has 568 valence electrons. The lowest BCUT2D eigenvalue weighted by Gasteiger charge is -2.41. The second-order valence-electron chi connectivity index (χ2n) is 28.7. The Morgan fingerprint density at radius 3 is 1.37 bits per heavy atom. The highest BCUT2D eigenvalue weighted by Gasteiger charge is 2.38. The number of fused-ring (bicyclic) bond motifs is 7. The molecule has 107 heavy (non-hydrogen) atoms. The molecule has 0 saturated carbocycles. The van der Waals surface area contributed by atoms with Crippen LogP contribution < -0.4 is 31.1 Å². The van der Waals surface area contributed by atoms with E-state index >= 15 is 0 Å². The van der Waals surface area contributed by atoms with Gasteiger partial charge in [-0.25, -0.2) is 4.39 Å². The van der Waals surface area contributed by atoms with Crippen LogP contribution >= 0.6 is 34.8 Å². The van der Waals surface area contributed by atoms with Crippen molar-refractivity contribution in [3.05, 3.63) is 232 Å². The van der Waals surface area contributed by atoms with Crippen molar-refractivity contribution in [3.8, 4) is 0 Å². The number of aromatic amines is 3. The topological polar surface area (TPSA) is 192 Å². The van der Waals surface area contributed by atoms with E-state index < -0.39 is 5.24 Å². The minimum atomic E-state index is -0.508. The van der Waals surface area contributed by atoms with Gasteiger partial charge in [-0.15, -0.1) is 23.2 Å². The van der Waals surface area contributed by atoms with Gasteiger partial charge in [-0.2, -0.15) is 0 Å². The SMILES string of the molecule is CN1CCN(c2ccc(C=O)cc2)CC1.CN1CCNCC1.C[C@H](N)Cc1c[nH]c2ccccc12.C[C@H]1Cc2c([nH]c3ccccc23)C(c2ccc(N3CCN(C)CC3)cc2)N1.C[C@H]1Cc2c([nH]c3ccccc23)[C@H](c2ccc(N3CCN(C)CC3)cc2)N1C(=O)CCl.O=C(Cl)CCl.O=Cc1ccc(F)cc1. The number of anilines is 3. The van der Waals surface area contributed by atoms with Crippen molar-refractivity contribution in [1.29, 1.82) is 0 Å². The number of alkyl halides is 2. The number of hydrogen-bond acceptors (Lipinski definition) is 14. The lowest BCUT2D eigenvalue weighted by atomic mass is 9.88. The summed E-state index contributed by atoms with van der Waals surface area (Å²) in [5.41, 5.74) is 23.4. The maximum Gasteiger partial charge on any atom is 0.238 e. The summed E-state index contributed by atoms with van der Waals surface area (Å²) in [6.07, 6.45) is 6.46. The fourth-order valence-corrected chi connectivity index (χ4v) is 14.7. The first-order valence-corrected chi connectivity index (χ1v) is 38.8. The maximum atomic E-state index is 12.9. The Morgan fingerprint density at radius 2 is 0.935 bits per heavy atom. The van der Waals surface area contributed by atoms with Crippen LogP contribution in [0.5, 0.6) is 0 Å². The second kappa shape index (κ2) is 40.1. The number of H-pyrrole nitrogens is 3. The van der Waals surface area contributed by atoms with Crippen molar-refractivity contribution in [1.82, 2.24) is 50.1 Å². The number of para-hydroxylation sites is 3. The van der Waals surface area contributed by atoms with Crippen LogP contribution in [-0.2, 0) is 28.9 Å². The van der Waals surface area contributed by atoms with Crippen molar-refractivity contribution < 1.29 is 23.6 Å². The molecule has 0 bridgehead atoms. The molecule has 5 atom stereocenters. The third-order valence-electron chi connectivity index (χ3n) is 20.6.